The molecule has 2 fully saturated rings. The van der Waals surface area contributed by atoms with Crippen molar-refractivity contribution in [3.05, 3.63) is 29.3 Å². The number of hydrogen-bond donors (Lipinski definition) is 2. The highest BCUT2D eigenvalue weighted by atomic mass is 35.5. The third-order valence-corrected chi connectivity index (χ3v) is 4.18. The van der Waals surface area contributed by atoms with E-state index in [1.54, 1.807) is 0 Å². The van der Waals surface area contributed by atoms with E-state index in [9.17, 15) is 4.79 Å². The van der Waals surface area contributed by atoms with Crippen molar-refractivity contribution < 1.29 is 4.79 Å². The minimum atomic E-state index is -0.0292. The topological polar surface area (TPSA) is 44.4 Å². The Morgan fingerprint density at radius 1 is 1.15 bits per heavy atom. The third kappa shape index (κ3) is 3.37. The number of anilines is 1. The minimum absolute atomic E-state index is 0.0292. The molecule has 108 valence electrons. The highest BCUT2D eigenvalue weighted by molar-refractivity contribution is 6.33. The molecule has 0 bridgehead atoms. The zero-order valence-corrected chi connectivity index (χ0v) is 12.2. The van der Waals surface area contributed by atoms with Gasteiger partial charge >= 0.3 is 6.03 Å². The maximum absolute atomic E-state index is 11.8. The number of benzene rings is 1. The molecule has 4 nitrogen and oxygen atoms in total. The van der Waals surface area contributed by atoms with Crippen LogP contribution in [-0.2, 0) is 0 Å². The van der Waals surface area contributed by atoms with Gasteiger partial charge in [-0.25, -0.2) is 4.79 Å². The number of carbonyl (C=O) groups excluding carboxylic acids is 1. The van der Waals surface area contributed by atoms with E-state index in [2.05, 4.69) is 15.5 Å². The molecule has 2 amide bonds. The average Bonchev–Trinajstić information content (AvgIpc) is 3.23. The van der Waals surface area contributed by atoms with Crippen molar-refractivity contribution in [2.75, 3.05) is 18.0 Å². The highest BCUT2D eigenvalue weighted by Gasteiger charge is 2.26. The molecule has 3 rings (SSSR count). The molecule has 5 heteroatoms. The number of amides is 2. The van der Waals surface area contributed by atoms with Gasteiger partial charge in [-0.1, -0.05) is 23.7 Å². The van der Waals surface area contributed by atoms with Gasteiger partial charge in [-0.2, -0.15) is 0 Å². The fraction of sp³-hybridized carbons (Fsp3) is 0.533. The third-order valence-electron chi connectivity index (χ3n) is 3.86. The highest BCUT2D eigenvalue weighted by Crippen LogP contribution is 2.27. The lowest BCUT2D eigenvalue weighted by Crippen LogP contribution is -2.51. The summed E-state index contributed by atoms with van der Waals surface area (Å²) < 4.78 is 0. The molecule has 0 radical (unpaired) electrons. The fourth-order valence-corrected chi connectivity index (χ4v) is 2.92. The van der Waals surface area contributed by atoms with Crippen molar-refractivity contribution in [3.8, 4) is 0 Å². The van der Waals surface area contributed by atoms with Crippen molar-refractivity contribution in [2.45, 2.75) is 37.8 Å². The molecule has 1 atom stereocenters. The van der Waals surface area contributed by atoms with Crippen molar-refractivity contribution in [2.24, 2.45) is 0 Å². The van der Waals surface area contributed by atoms with Crippen molar-refractivity contribution in [3.63, 3.8) is 0 Å². The van der Waals surface area contributed by atoms with E-state index in [1.165, 1.54) is 0 Å². The first kappa shape index (κ1) is 13.6. The molecule has 1 aliphatic heterocycles. The van der Waals surface area contributed by atoms with Gasteiger partial charge in [0.05, 0.1) is 10.7 Å². The molecular formula is C15H20ClN3O. The number of nitrogens with zero attached hydrogens (tertiary/aromatic N) is 1. The molecule has 2 aliphatic rings. The summed E-state index contributed by atoms with van der Waals surface area (Å²) in [6.07, 6.45) is 4.33. The summed E-state index contributed by atoms with van der Waals surface area (Å²) in [7, 11) is 0. The lowest BCUT2D eigenvalue weighted by atomic mass is 10.1. The molecule has 2 N–H and O–H groups in total. The van der Waals surface area contributed by atoms with E-state index in [1.807, 2.05) is 24.3 Å². The summed E-state index contributed by atoms with van der Waals surface area (Å²) in [4.78, 5) is 14.1. The van der Waals surface area contributed by atoms with Crippen LogP contribution in [0.1, 0.15) is 25.7 Å². The molecule has 1 aromatic rings. The minimum Gasteiger partial charge on any atom is -0.368 e. The van der Waals surface area contributed by atoms with Crippen LogP contribution in [-0.4, -0.2) is 31.2 Å². The molecule has 0 spiro atoms. The average molecular weight is 294 g/mol. The molecule has 1 aliphatic carbocycles. The van der Waals surface area contributed by atoms with Gasteiger partial charge < -0.3 is 15.5 Å². The maximum Gasteiger partial charge on any atom is 0.315 e. The van der Waals surface area contributed by atoms with Crippen LogP contribution in [0.4, 0.5) is 10.5 Å². The van der Waals surface area contributed by atoms with Crippen LogP contribution >= 0.6 is 11.6 Å². The molecule has 20 heavy (non-hydrogen) atoms. The van der Waals surface area contributed by atoms with Crippen LogP contribution in [0.3, 0.4) is 0 Å². The van der Waals surface area contributed by atoms with Gasteiger partial charge in [-0.3, -0.25) is 0 Å². The Kier molecular flexibility index (Phi) is 4.01. The fourth-order valence-electron chi connectivity index (χ4n) is 2.66. The SMILES string of the molecule is O=C(NC1CC1)NC1CCCN(c2ccccc2Cl)C1. The Balaban J connectivity index is 1.58. The van der Waals surface area contributed by atoms with Crippen LogP contribution in [0.2, 0.25) is 5.02 Å². The van der Waals surface area contributed by atoms with Crippen molar-refractivity contribution in [1.82, 2.24) is 10.6 Å². The molecule has 0 aromatic heterocycles. The summed E-state index contributed by atoms with van der Waals surface area (Å²) >= 11 is 6.25. The monoisotopic (exact) mass is 293 g/mol. The molecule has 1 saturated carbocycles. The van der Waals surface area contributed by atoms with Gasteiger partial charge in [0.25, 0.3) is 0 Å². The Morgan fingerprint density at radius 2 is 1.90 bits per heavy atom. The molecular weight excluding hydrogens is 274 g/mol. The van der Waals surface area contributed by atoms with Crippen LogP contribution in [0.5, 0.6) is 0 Å². The molecule has 1 unspecified atom stereocenters. The number of halogens is 1. The van der Waals surface area contributed by atoms with Crippen LogP contribution in [0.25, 0.3) is 0 Å². The standard InChI is InChI=1S/C15H20ClN3O/c16-13-5-1-2-6-14(13)19-9-3-4-12(10-19)18-15(20)17-11-7-8-11/h1-2,5-6,11-12H,3-4,7-10H2,(H2,17,18,20). The first-order valence-electron chi connectivity index (χ1n) is 7.29. The van der Waals surface area contributed by atoms with E-state index in [4.69, 9.17) is 11.6 Å². The number of carbonyl (C=O) groups is 1. The normalized spacial score (nSPS) is 22.4. The molecule has 1 aromatic carbocycles. The first-order valence-corrected chi connectivity index (χ1v) is 7.66. The maximum atomic E-state index is 11.8. The lowest BCUT2D eigenvalue weighted by Gasteiger charge is -2.35. The Labute approximate surface area is 124 Å². The van der Waals surface area contributed by atoms with Gasteiger partial charge in [0.15, 0.2) is 0 Å². The lowest BCUT2D eigenvalue weighted by molar-refractivity contribution is 0.234. The number of nitrogens with one attached hydrogen (secondary N) is 2. The van der Waals surface area contributed by atoms with Crippen LogP contribution < -0.4 is 15.5 Å². The zero-order chi connectivity index (χ0) is 13.9. The summed E-state index contributed by atoms with van der Waals surface area (Å²) in [6.45, 7) is 1.81. The number of urea groups is 1. The van der Waals surface area contributed by atoms with Gasteiger partial charge in [-0.15, -0.1) is 0 Å². The Morgan fingerprint density at radius 3 is 2.65 bits per heavy atom. The largest absolute Gasteiger partial charge is 0.368 e. The Hall–Kier alpha value is -1.42. The zero-order valence-electron chi connectivity index (χ0n) is 11.4. The summed E-state index contributed by atoms with van der Waals surface area (Å²) in [5.74, 6) is 0. The summed E-state index contributed by atoms with van der Waals surface area (Å²) in [5.41, 5.74) is 1.06. The van der Waals surface area contributed by atoms with Gasteiger partial charge in [0.1, 0.15) is 0 Å². The number of rotatable bonds is 3. The summed E-state index contributed by atoms with van der Waals surface area (Å²) in [5, 5.41) is 6.82. The number of para-hydroxylation sites is 1. The molecule has 1 saturated heterocycles. The van der Waals surface area contributed by atoms with E-state index in [0.717, 1.165) is 49.5 Å². The van der Waals surface area contributed by atoms with Crippen molar-refractivity contribution in [1.29, 1.82) is 0 Å². The second kappa shape index (κ2) is 5.92. The van der Waals surface area contributed by atoms with Crippen LogP contribution in [0, 0.1) is 0 Å². The van der Waals surface area contributed by atoms with E-state index in [0.29, 0.717) is 6.04 Å². The van der Waals surface area contributed by atoms with Gasteiger partial charge in [-0.05, 0) is 37.8 Å². The van der Waals surface area contributed by atoms with Gasteiger partial charge in [0.2, 0.25) is 0 Å². The van der Waals surface area contributed by atoms with E-state index >= 15 is 0 Å². The molecule has 1 heterocycles. The predicted molar refractivity (Wildman–Crippen MR) is 81.4 cm³/mol. The first-order chi connectivity index (χ1) is 9.72. The Bertz CT molecular complexity index is 490. The summed E-state index contributed by atoms with van der Waals surface area (Å²) in [6, 6.07) is 8.45. The van der Waals surface area contributed by atoms with Gasteiger partial charge in [0, 0.05) is 25.2 Å². The predicted octanol–water partition coefficient (Wildman–Crippen LogP) is 2.77. The van der Waals surface area contributed by atoms with Crippen molar-refractivity contribution >= 4 is 23.3 Å². The van der Waals surface area contributed by atoms with Crippen LogP contribution in [0.15, 0.2) is 24.3 Å². The van der Waals surface area contributed by atoms with E-state index in [-0.39, 0.29) is 12.1 Å². The number of piperidine rings is 1. The smallest absolute Gasteiger partial charge is 0.315 e. The second-order valence-electron chi connectivity index (χ2n) is 5.63. The quantitative estimate of drug-likeness (QED) is 0.900. The number of hydrogen-bond acceptors (Lipinski definition) is 2. The van der Waals surface area contributed by atoms with E-state index < -0.39 is 0 Å². The second-order valence-corrected chi connectivity index (χ2v) is 6.04.